The second-order valence-electron chi connectivity index (χ2n) is 5.45. The highest BCUT2D eigenvalue weighted by Crippen LogP contribution is 2.29. The first-order chi connectivity index (χ1) is 9.40. The van der Waals surface area contributed by atoms with Gasteiger partial charge in [-0.3, -0.25) is 0 Å². The van der Waals surface area contributed by atoms with E-state index in [9.17, 15) is 8.42 Å². The summed E-state index contributed by atoms with van der Waals surface area (Å²) < 4.78 is 29.2. The first kappa shape index (κ1) is 14.9. The number of ether oxygens (including phenoxy) is 1. The van der Waals surface area contributed by atoms with Crippen LogP contribution in [0.3, 0.4) is 0 Å². The lowest BCUT2D eigenvalue weighted by Gasteiger charge is -2.29. The number of sulfone groups is 1. The molecule has 0 heterocycles. The predicted molar refractivity (Wildman–Crippen MR) is 77.4 cm³/mol. The van der Waals surface area contributed by atoms with Gasteiger partial charge < -0.3 is 4.74 Å². The zero-order valence-corrected chi connectivity index (χ0v) is 12.6. The molecule has 1 fully saturated rings. The first-order valence-corrected chi connectivity index (χ1v) is 8.72. The summed E-state index contributed by atoms with van der Waals surface area (Å²) in [5.41, 5.74) is 1.52. The Morgan fingerprint density at radius 1 is 1.35 bits per heavy atom. The van der Waals surface area contributed by atoms with Gasteiger partial charge in [-0.05, 0) is 43.9 Å². The lowest BCUT2D eigenvalue weighted by molar-refractivity contribution is 0.155. The van der Waals surface area contributed by atoms with Crippen LogP contribution >= 0.6 is 0 Å². The maximum absolute atomic E-state index is 11.7. The Bertz CT molecular complexity index is 631. The number of rotatable bonds is 3. The van der Waals surface area contributed by atoms with E-state index in [1.165, 1.54) is 6.26 Å². The molecule has 1 aliphatic rings. The van der Waals surface area contributed by atoms with Crippen LogP contribution in [0.25, 0.3) is 0 Å². The summed E-state index contributed by atoms with van der Waals surface area (Å²) in [5, 5.41) is 8.62. The fourth-order valence-electron chi connectivity index (χ4n) is 2.57. The van der Waals surface area contributed by atoms with Gasteiger partial charge in [0.25, 0.3) is 0 Å². The maximum atomic E-state index is 11.7. The Morgan fingerprint density at radius 3 is 2.75 bits per heavy atom. The molecule has 108 valence electrons. The second-order valence-corrected chi connectivity index (χ2v) is 7.78. The molecule has 5 heteroatoms. The van der Waals surface area contributed by atoms with Gasteiger partial charge in [-0.1, -0.05) is 6.07 Å². The number of aryl methyl sites for hydroxylation is 1. The first-order valence-electron chi connectivity index (χ1n) is 6.76. The largest absolute Gasteiger partial charge is 0.490 e. The van der Waals surface area contributed by atoms with E-state index in [0.29, 0.717) is 17.7 Å². The summed E-state index contributed by atoms with van der Waals surface area (Å²) in [7, 11) is -3.01. The molecule has 4 nitrogen and oxygen atoms in total. The highest BCUT2D eigenvalue weighted by molar-refractivity contribution is 7.91. The summed E-state index contributed by atoms with van der Waals surface area (Å²) in [6.07, 6.45) is 4.19. The summed E-state index contributed by atoms with van der Waals surface area (Å²) in [5.74, 6) is 0.684. The Labute approximate surface area is 120 Å². The Balaban J connectivity index is 2.12. The molecule has 2 atom stereocenters. The summed E-state index contributed by atoms with van der Waals surface area (Å²) in [4.78, 5) is 0. The minimum absolute atomic E-state index is 0.0869. The summed E-state index contributed by atoms with van der Waals surface area (Å²) in [6, 6.07) is 7.41. The van der Waals surface area contributed by atoms with Crippen molar-refractivity contribution in [1.29, 1.82) is 5.26 Å². The zero-order chi connectivity index (χ0) is 14.8. The van der Waals surface area contributed by atoms with Crippen LogP contribution in [0.2, 0.25) is 0 Å². The van der Waals surface area contributed by atoms with Crippen molar-refractivity contribution in [1.82, 2.24) is 0 Å². The summed E-state index contributed by atoms with van der Waals surface area (Å²) >= 11 is 0. The van der Waals surface area contributed by atoms with E-state index in [2.05, 4.69) is 6.07 Å². The molecule has 0 aromatic heterocycles. The molecule has 0 amide bonds. The normalized spacial score (nSPS) is 23.1. The van der Waals surface area contributed by atoms with E-state index in [1.54, 1.807) is 12.1 Å². The number of hydrogen-bond acceptors (Lipinski definition) is 4. The Morgan fingerprint density at radius 2 is 2.10 bits per heavy atom. The maximum Gasteiger partial charge on any atom is 0.150 e. The van der Waals surface area contributed by atoms with E-state index in [1.807, 2.05) is 13.0 Å². The highest BCUT2D eigenvalue weighted by Gasteiger charge is 2.30. The molecule has 1 aromatic carbocycles. The van der Waals surface area contributed by atoms with E-state index in [4.69, 9.17) is 10.00 Å². The van der Waals surface area contributed by atoms with Gasteiger partial charge in [-0.25, -0.2) is 8.42 Å². The Kier molecular flexibility index (Phi) is 4.34. The monoisotopic (exact) mass is 293 g/mol. The van der Waals surface area contributed by atoms with Crippen molar-refractivity contribution in [3.8, 4) is 11.8 Å². The fourth-order valence-corrected chi connectivity index (χ4v) is 3.73. The van der Waals surface area contributed by atoms with Crippen LogP contribution in [0.15, 0.2) is 18.2 Å². The fraction of sp³-hybridized carbons (Fsp3) is 0.533. The van der Waals surface area contributed by atoms with Crippen LogP contribution in [0.5, 0.6) is 5.75 Å². The molecule has 1 aliphatic carbocycles. The topological polar surface area (TPSA) is 67.2 Å². The van der Waals surface area contributed by atoms with Crippen LogP contribution in [-0.4, -0.2) is 26.0 Å². The van der Waals surface area contributed by atoms with Gasteiger partial charge in [0.2, 0.25) is 0 Å². The zero-order valence-electron chi connectivity index (χ0n) is 11.8. The molecule has 1 aromatic rings. The molecule has 0 aliphatic heterocycles. The van der Waals surface area contributed by atoms with Crippen LogP contribution < -0.4 is 4.74 Å². The molecule has 20 heavy (non-hydrogen) atoms. The smallest absolute Gasteiger partial charge is 0.150 e. The lowest BCUT2D eigenvalue weighted by atomic mass is 9.97. The molecular weight excluding hydrogens is 274 g/mol. The van der Waals surface area contributed by atoms with E-state index in [0.717, 1.165) is 24.8 Å². The van der Waals surface area contributed by atoms with Gasteiger partial charge in [-0.2, -0.15) is 5.26 Å². The van der Waals surface area contributed by atoms with Gasteiger partial charge in [0.05, 0.1) is 23.0 Å². The van der Waals surface area contributed by atoms with Crippen LogP contribution in [0, 0.1) is 18.3 Å². The van der Waals surface area contributed by atoms with Crippen molar-refractivity contribution in [2.75, 3.05) is 6.26 Å². The van der Waals surface area contributed by atoms with E-state index in [-0.39, 0.29) is 11.4 Å². The van der Waals surface area contributed by atoms with E-state index < -0.39 is 9.84 Å². The van der Waals surface area contributed by atoms with E-state index >= 15 is 0 Å². The second kappa shape index (κ2) is 5.84. The van der Waals surface area contributed by atoms with Crippen LogP contribution in [-0.2, 0) is 9.84 Å². The van der Waals surface area contributed by atoms with Crippen molar-refractivity contribution in [2.45, 2.75) is 44.0 Å². The van der Waals surface area contributed by atoms with Crippen molar-refractivity contribution in [2.24, 2.45) is 0 Å². The van der Waals surface area contributed by atoms with Crippen molar-refractivity contribution in [3.63, 3.8) is 0 Å². The van der Waals surface area contributed by atoms with Crippen LogP contribution in [0.1, 0.15) is 36.8 Å². The quantitative estimate of drug-likeness (QED) is 0.859. The van der Waals surface area contributed by atoms with Crippen LogP contribution in [0.4, 0.5) is 0 Å². The number of nitrogens with zero attached hydrogens (tertiary/aromatic N) is 1. The molecule has 1 saturated carbocycles. The van der Waals surface area contributed by atoms with Gasteiger partial charge in [0.1, 0.15) is 15.6 Å². The van der Waals surface area contributed by atoms with Gasteiger partial charge in [0.15, 0.2) is 0 Å². The molecule has 2 rings (SSSR count). The van der Waals surface area contributed by atoms with Gasteiger partial charge >= 0.3 is 0 Å². The third-order valence-electron chi connectivity index (χ3n) is 3.79. The van der Waals surface area contributed by atoms with Gasteiger partial charge in [-0.15, -0.1) is 0 Å². The molecular formula is C15H19NO3S. The highest BCUT2D eigenvalue weighted by atomic mass is 32.2. The standard InChI is InChI=1S/C15H19NO3S/c1-11-6-7-12(10-16)8-15(11)19-13-4-3-5-14(9-13)20(2,17)18/h6-8,13-14H,3-5,9H2,1-2H3. The molecule has 0 radical (unpaired) electrons. The minimum Gasteiger partial charge on any atom is -0.490 e. The number of nitriles is 1. The molecule has 0 N–H and O–H groups in total. The predicted octanol–water partition coefficient (Wildman–Crippen LogP) is 2.60. The number of hydrogen-bond donors (Lipinski definition) is 0. The molecule has 0 bridgehead atoms. The average Bonchev–Trinajstić information content (AvgIpc) is 2.41. The van der Waals surface area contributed by atoms with Crippen molar-refractivity contribution < 1.29 is 13.2 Å². The molecule has 2 unspecified atom stereocenters. The lowest BCUT2D eigenvalue weighted by Crippen LogP contribution is -2.33. The third kappa shape index (κ3) is 3.51. The number of benzene rings is 1. The Hall–Kier alpha value is -1.54. The molecule has 0 saturated heterocycles. The van der Waals surface area contributed by atoms with Crippen molar-refractivity contribution >= 4 is 9.84 Å². The third-order valence-corrected chi connectivity index (χ3v) is 5.43. The minimum atomic E-state index is -3.01. The van der Waals surface area contributed by atoms with Crippen molar-refractivity contribution in [3.05, 3.63) is 29.3 Å². The average molecular weight is 293 g/mol. The van der Waals surface area contributed by atoms with Gasteiger partial charge in [0, 0.05) is 12.7 Å². The SMILES string of the molecule is Cc1ccc(C#N)cc1OC1CCCC(S(C)(=O)=O)C1. The summed E-state index contributed by atoms with van der Waals surface area (Å²) in [6.45, 7) is 1.92. The molecule has 0 spiro atoms.